The van der Waals surface area contributed by atoms with Crippen LogP contribution in [-0.2, 0) is 34.5 Å². The van der Waals surface area contributed by atoms with Crippen molar-refractivity contribution in [2.45, 2.75) is 63.5 Å². The van der Waals surface area contributed by atoms with Gasteiger partial charge in [-0.3, -0.25) is 4.90 Å². The Hall–Kier alpha value is -3.16. The molecular formula is C26H25F9N2O3. The number of halogens is 9. The number of hydrogen-bond acceptors (Lipinski definition) is 4. The Morgan fingerprint density at radius 1 is 0.900 bits per heavy atom. The molecule has 5 nitrogen and oxygen atoms in total. The molecule has 1 amide bonds. The molecule has 2 aliphatic rings. The molecule has 14 heteroatoms. The summed E-state index contributed by atoms with van der Waals surface area (Å²) in [6.07, 6.45) is -16.9. The Kier molecular flexibility index (Phi) is 7.96. The van der Waals surface area contributed by atoms with Crippen LogP contribution in [-0.4, -0.2) is 42.8 Å². The molecule has 2 heterocycles. The van der Waals surface area contributed by atoms with E-state index in [0.717, 1.165) is 17.0 Å². The van der Waals surface area contributed by atoms with E-state index in [9.17, 15) is 44.3 Å². The van der Waals surface area contributed by atoms with E-state index >= 15 is 0 Å². The Bertz CT molecular complexity index is 1210. The number of carbonyl (C=O) groups is 1. The van der Waals surface area contributed by atoms with Crippen LogP contribution in [0.3, 0.4) is 0 Å². The molecule has 220 valence electrons. The van der Waals surface area contributed by atoms with E-state index in [0.29, 0.717) is 44.0 Å². The molecule has 2 aliphatic heterocycles. The molecular weight excluding hydrogens is 559 g/mol. The standard InChI is InChI=1S/C26H25F9N2O3/c1-3-36(20-6-7-39-13-20)21-5-4-17(24(27,28)29)10-16(21)12-37-14(2)22(40-23(37)38)15-8-18(25(30,31)32)11-19(9-15)26(33,34)35/h4-5,8-11,14,20,22H,3,6-7,12-13H2,1-2H3/t14-,20+,22-/m0/s1. The van der Waals surface area contributed by atoms with E-state index < -0.39 is 65.6 Å². The van der Waals surface area contributed by atoms with Crippen molar-refractivity contribution in [2.75, 3.05) is 24.7 Å². The van der Waals surface area contributed by atoms with Crippen molar-refractivity contribution in [2.24, 2.45) is 0 Å². The summed E-state index contributed by atoms with van der Waals surface area (Å²) in [4.78, 5) is 15.7. The summed E-state index contributed by atoms with van der Waals surface area (Å²) in [5, 5.41) is 0. The van der Waals surface area contributed by atoms with Crippen molar-refractivity contribution < 1.29 is 53.8 Å². The second-order valence-corrected chi connectivity index (χ2v) is 9.66. The third-order valence-electron chi connectivity index (χ3n) is 7.07. The first-order valence-corrected chi connectivity index (χ1v) is 12.3. The first-order chi connectivity index (χ1) is 18.5. The first-order valence-electron chi connectivity index (χ1n) is 12.3. The van der Waals surface area contributed by atoms with E-state index in [2.05, 4.69) is 0 Å². The van der Waals surface area contributed by atoms with E-state index in [1.165, 1.54) is 13.0 Å². The number of rotatable bonds is 6. The molecule has 2 aromatic carbocycles. The molecule has 0 spiro atoms. The van der Waals surface area contributed by atoms with Crippen molar-refractivity contribution in [3.63, 3.8) is 0 Å². The van der Waals surface area contributed by atoms with E-state index in [4.69, 9.17) is 9.47 Å². The number of nitrogens with zero attached hydrogens (tertiary/aromatic N) is 2. The van der Waals surface area contributed by atoms with E-state index in [-0.39, 0.29) is 17.7 Å². The highest BCUT2D eigenvalue weighted by molar-refractivity contribution is 5.72. The summed E-state index contributed by atoms with van der Waals surface area (Å²) in [6.45, 7) is 3.93. The highest BCUT2D eigenvalue weighted by atomic mass is 19.4. The van der Waals surface area contributed by atoms with Gasteiger partial charge in [-0.05, 0) is 67.8 Å². The number of amides is 1. The maximum absolute atomic E-state index is 13.6. The number of hydrogen-bond donors (Lipinski definition) is 0. The summed E-state index contributed by atoms with van der Waals surface area (Å²) in [6, 6.07) is 2.74. The summed E-state index contributed by atoms with van der Waals surface area (Å²) in [5.41, 5.74) is -4.17. The van der Waals surface area contributed by atoms with Gasteiger partial charge in [0.25, 0.3) is 0 Å². The predicted molar refractivity (Wildman–Crippen MR) is 124 cm³/mol. The number of likely N-dealkylation sites (N-methyl/N-ethyl adjacent to an activating group) is 1. The highest BCUT2D eigenvalue weighted by Crippen LogP contribution is 2.42. The van der Waals surface area contributed by atoms with Crippen LogP contribution in [0.15, 0.2) is 36.4 Å². The highest BCUT2D eigenvalue weighted by Gasteiger charge is 2.44. The lowest BCUT2D eigenvalue weighted by Crippen LogP contribution is -2.37. The smallest absolute Gasteiger partial charge is 0.416 e. The average molecular weight is 584 g/mol. The van der Waals surface area contributed by atoms with Crippen molar-refractivity contribution in [3.05, 3.63) is 64.2 Å². The van der Waals surface area contributed by atoms with E-state index in [1.54, 1.807) is 6.92 Å². The second kappa shape index (κ2) is 10.7. The Morgan fingerprint density at radius 3 is 2.00 bits per heavy atom. The predicted octanol–water partition coefficient (Wildman–Crippen LogP) is 7.44. The van der Waals surface area contributed by atoms with Crippen LogP contribution in [0.25, 0.3) is 0 Å². The number of alkyl halides is 9. The fraction of sp³-hybridized carbons (Fsp3) is 0.500. The van der Waals surface area contributed by atoms with Gasteiger partial charge in [0.15, 0.2) is 0 Å². The Balaban J connectivity index is 1.71. The number of anilines is 1. The molecule has 4 rings (SSSR count). The quantitative estimate of drug-likeness (QED) is 0.331. The van der Waals surface area contributed by atoms with Gasteiger partial charge in [0.05, 0.1) is 41.9 Å². The number of ether oxygens (including phenoxy) is 2. The molecule has 0 aromatic heterocycles. The molecule has 2 fully saturated rings. The second-order valence-electron chi connectivity index (χ2n) is 9.66. The summed E-state index contributed by atoms with van der Waals surface area (Å²) in [5.74, 6) is 0. The Labute approximate surface area is 223 Å². The van der Waals surface area contributed by atoms with Crippen molar-refractivity contribution in [3.8, 4) is 0 Å². The largest absolute Gasteiger partial charge is 0.439 e. The lowest BCUT2D eigenvalue weighted by Gasteiger charge is -2.32. The van der Waals surface area contributed by atoms with Gasteiger partial charge in [0.2, 0.25) is 0 Å². The van der Waals surface area contributed by atoms with Gasteiger partial charge in [-0.1, -0.05) is 0 Å². The molecule has 0 saturated carbocycles. The van der Waals surface area contributed by atoms with Crippen molar-refractivity contribution in [1.82, 2.24) is 4.90 Å². The zero-order chi connectivity index (χ0) is 29.6. The summed E-state index contributed by atoms with van der Waals surface area (Å²) >= 11 is 0. The molecule has 0 unspecified atom stereocenters. The average Bonchev–Trinajstić information content (AvgIpc) is 3.48. The SMILES string of the molecule is CCN(c1ccc(C(F)(F)F)cc1CN1C(=O)O[C@H](c2cc(C(F)(F)F)cc(C(F)(F)F)c2)[C@@H]1C)[C@@H]1CCOC1. The van der Waals surface area contributed by atoms with Crippen LogP contribution < -0.4 is 4.90 Å². The first kappa shape index (κ1) is 29.8. The van der Waals surface area contributed by atoms with Crippen molar-refractivity contribution >= 4 is 11.8 Å². The minimum absolute atomic E-state index is 0.0380. The monoisotopic (exact) mass is 584 g/mol. The van der Waals surface area contributed by atoms with Gasteiger partial charge in [0.1, 0.15) is 6.10 Å². The zero-order valence-electron chi connectivity index (χ0n) is 21.3. The van der Waals surface area contributed by atoms with Crippen LogP contribution in [0.2, 0.25) is 0 Å². The van der Waals surface area contributed by atoms with Gasteiger partial charge in [0, 0.05) is 18.8 Å². The van der Waals surface area contributed by atoms with Crippen LogP contribution in [0.1, 0.15) is 54.2 Å². The minimum Gasteiger partial charge on any atom is -0.439 e. The maximum Gasteiger partial charge on any atom is 0.416 e. The van der Waals surface area contributed by atoms with Crippen LogP contribution >= 0.6 is 0 Å². The maximum atomic E-state index is 13.6. The van der Waals surface area contributed by atoms with E-state index in [1.807, 2.05) is 4.90 Å². The minimum atomic E-state index is -5.11. The molecule has 3 atom stereocenters. The molecule has 0 N–H and O–H groups in total. The number of cyclic esters (lactones) is 1. The lowest BCUT2D eigenvalue weighted by molar-refractivity contribution is -0.143. The molecule has 0 aliphatic carbocycles. The fourth-order valence-corrected chi connectivity index (χ4v) is 5.05. The normalized spacial score (nSPS) is 22.1. The van der Waals surface area contributed by atoms with Crippen LogP contribution in [0, 0.1) is 0 Å². The van der Waals surface area contributed by atoms with Gasteiger partial charge >= 0.3 is 24.6 Å². The number of benzene rings is 2. The number of carbonyl (C=O) groups excluding carboxylic acids is 1. The van der Waals surface area contributed by atoms with Crippen LogP contribution in [0.4, 0.5) is 50.0 Å². The molecule has 40 heavy (non-hydrogen) atoms. The summed E-state index contributed by atoms with van der Waals surface area (Å²) < 4.78 is 132. The molecule has 2 saturated heterocycles. The molecule has 0 bridgehead atoms. The molecule has 0 radical (unpaired) electrons. The lowest BCUT2D eigenvalue weighted by atomic mass is 9.97. The fourth-order valence-electron chi connectivity index (χ4n) is 5.05. The summed E-state index contributed by atoms with van der Waals surface area (Å²) in [7, 11) is 0. The molecule has 2 aromatic rings. The van der Waals surface area contributed by atoms with Crippen molar-refractivity contribution in [1.29, 1.82) is 0 Å². The third-order valence-corrected chi connectivity index (χ3v) is 7.07. The third kappa shape index (κ3) is 6.11. The Morgan fingerprint density at radius 2 is 1.50 bits per heavy atom. The van der Waals surface area contributed by atoms with Gasteiger partial charge < -0.3 is 14.4 Å². The van der Waals surface area contributed by atoms with Gasteiger partial charge in [-0.25, -0.2) is 4.79 Å². The zero-order valence-corrected chi connectivity index (χ0v) is 21.3. The van der Waals surface area contributed by atoms with Crippen LogP contribution in [0.5, 0.6) is 0 Å². The topological polar surface area (TPSA) is 42.0 Å². The van der Waals surface area contributed by atoms with Gasteiger partial charge in [-0.15, -0.1) is 0 Å². The van der Waals surface area contributed by atoms with Gasteiger partial charge in [-0.2, -0.15) is 39.5 Å².